The number of carboxylic acid groups (broad SMARTS) is 1. The van der Waals surface area contributed by atoms with Gasteiger partial charge in [0.25, 0.3) is 0 Å². The van der Waals surface area contributed by atoms with Crippen molar-refractivity contribution < 1.29 is 14.6 Å². The van der Waals surface area contributed by atoms with E-state index in [4.69, 9.17) is 20.8 Å². The van der Waals surface area contributed by atoms with E-state index in [0.29, 0.717) is 17.1 Å². The van der Waals surface area contributed by atoms with Crippen LogP contribution in [0.15, 0.2) is 48.5 Å². The summed E-state index contributed by atoms with van der Waals surface area (Å²) in [5.74, 6) is 0.0265. The molecule has 2 rings (SSSR count). The van der Waals surface area contributed by atoms with Gasteiger partial charge in [-0.3, -0.25) is 4.79 Å². The van der Waals surface area contributed by atoms with Gasteiger partial charge in [-0.1, -0.05) is 24.3 Å². The molecule has 0 unspecified atom stereocenters. The number of carbonyl (C=O) groups is 1. The van der Waals surface area contributed by atoms with Crippen LogP contribution in [-0.2, 0) is 11.2 Å². The lowest BCUT2D eigenvalue weighted by atomic mass is 10.1. The van der Waals surface area contributed by atoms with Crippen molar-refractivity contribution in [3.05, 3.63) is 59.7 Å². The van der Waals surface area contributed by atoms with E-state index in [1.807, 2.05) is 0 Å². The first kappa shape index (κ1) is 14.6. The third-order valence-corrected chi connectivity index (χ3v) is 2.93. The van der Waals surface area contributed by atoms with Crippen LogP contribution in [0.1, 0.15) is 11.1 Å². The van der Waals surface area contributed by atoms with Crippen molar-refractivity contribution in [2.75, 3.05) is 0 Å². The molecule has 1 atom stereocenters. The number of benzene rings is 2. The summed E-state index contributed by atoms with van der Waals surface area (Å²) in [5.41, 5.74) is 6.75. The average molecular weight is 282 g/mol. The summed E-state index contributed by atoms with van der Waals surface area (Å²) in [6, 6.07) is 15.0. The number of carboxylic acids is 1. The summed E-state index contributed by atoms with van der Waals surface area (Å²) in [4.78, 5) is 10.7. The highest BCUT2D eigenvalue weighted by Gasteiger charge is 2.12. The summed E-state index contributed by atoms with van der Waals surface area (Å²) < 4.78 is 5.64. The Bertz CT molecular complexity index is 675. The number of nitriles is 1. The number of nitrogens with zero attached hydrogens (tertiary/aromatic N) is 1. The van der Waals surface area contributed by atoms with Crippen molar-refractivity contribution in [2.45, 2.75) is 12.5 Å². The van der Waals surface area contributed by atoms with E-state index in [2.05, 4.69) is 6.07 Å². The largest absolute Gasteiger partial charge is 0.480 e. The van der Waals surface area contributed by atoms with E-state index in [9.17, 15) is 4.79 Å². The Hall–Kier alpha value is -2.84. The highest BCUT2D eigenvalue weighted by molar-refractivity contribution is 5.73. The number of hydrogen-bond donors (Lipinski definition) is 2. The lowest BCUT2D eigenvalue weighted by Gasteiger charge is -2.09. The zero-order chi connectivity index (χ0) is 15.2. The molecular formula is C16H14N2O3. The Morgan fingerprint density at radius 3 is 2.52 bits per heavy atom. The number of nitrogens with two attached hydrogens (primary N) is 1. The molecule has 106 valence electrons. The Morgan fingerprint density at radius 1 is 1.24 bits per heavy atom. The van der Waals surface area contributed by atoms with Gasteiger partial charge in [-0.05, 0) is 36.2 Å². The minimum absolute atomic E-state index is 0.254. The Kier molecular flexibility index (Phi) is 4.54. The average Bonchev–Trinajstić information content (AvgIpc) is 2.49. The van der Waals surface area contributed by atoms with Crippen LogP contribution < -0.4 is 10.5 Å². The monoisotopic (exact) mass is 282 g/mol. The highest BCUT2D eigenvalue weighted by atomic mass is 16.5. The molecule has 0 heterocycles. The summed E-state index contributed by atoms with van der Waals surface area (Å²) in [6.07, 6.45) is 0.254. The van der Waals surface area contributed by atoms with Crippen LogP contribution in [0, 0.1) is 11.3 Å². The molecule has 0 saturated heterocycles. The molecule has 0 fully saturated rings. The lowest BCUT2D eigenvalue weighted by molar-refractivity contribution is -0.138. The summed E-state index contributed by atoms with van der Waals surface area (Å²) in [6.45, 7) is 0. The Morgan fingerprint density at radius 2 is 1.90 bits per heavy atom. The van der Waals surface area contributed by atoms with Crippen molar-refractivity contribution in [1.82, 2.24) is 0 Å². The van der Waals surface area contributed by atoms with Gasteiger partial charge in [-0.2, -0.15) is 5.26 Å². The minimum Gasteiger partial charge on any atom is -0.480 e. The number of rotatable bonds is 5. The second-order valence-corrected chi connectivity index (χ2v) is 4.50. The molecule has 0 radical (unpaired) electrons. The quantitative estimate of drug-likeness (QED) is 0.877. The molecule has 0 aliphatic rings. The highest BCUT2D eigenvalue weighted by Crippen LogP contribution is 2.25. The fourth-order valence-electron chi connectivity index (χ4n) is 1.81. The van der Waals surface area contributed by atoms with Gasteiger partial charge in [-0.15, -0.1) is 0 Å². The Labute approximate surface area is 122 Å². The van der Waals surface area contributed by atoms with Crippen LogP contribution in [0.5, 0.6) is 11.5 Å². The van der Waals surface area contributed by atoms with Crippen LogP contribution in [0.3, 0.4) is 0 Å². The van der Waals surface area contributed by atoms with E-state index in [1.54, 1.807) is 48.5 Å². The molecule has 0 aromatic heterocycles. The van der Waals surface area contributed by atoms with Crippen molar-refractivity contribution in [1.29, 1.82) is 5.26 Å². The molecule has 21 heavy (non-hydrogen) atoms. The fourth-order valence-corrected chi connectivity index (χ4v) is 1.81. The first-order valence-corrected chi connectivity index (χ1v) is 6.34. The molecule has 0 spiro atoms. The first-order valence-electron chi connectivity index (χ1n) is 6.34. The number of ether oxygens (including phenoxy) is 1. The van der Waals surface area contributed by atoms with Crippen molar-refractivity contribution >= 4 is 5.97 Å². The van der Waals surface area contributed by atoms with Gasteiger partial charge in [0.1, 0.15) is 23.6 Å². The Balaban J connectivity index is 2.09. The van der Waals surface area contributed by atoms with Crippen molar-refractivity contribution in [3.63, 3.8) is 0 Å². The van der Waals surface area contributed by atoms with Gasteiger partial charge in [0.2, 0.25) is 0 Å². The number of aliphatic carboxylic acids is 1. The minimum atomic E-state index is -1.03. The van der Waals surface area contributed by atoms with Crippen LogP contribution in [0.4, 0.5) is 0 Å². The van der Waals surface area contributed by atoms with E-state index >= 15 is 0 Å². The van der Waals surface area contributed by atoms with E-state index in [0.717, 1.165) is 5.56 Å². The number of hydrogen-bond acceptors (Lipinski definition) is 4. The molecule has 2 aromatic rings. The van der Waals surface area contributed by atoms with E-state index < -0.39 is 12.0 Å². The van der Waals surface area contributed by atoms with Crippen LogP contribution >= 0.6 is 0 Å². The molecule has 0 aliphatic carbocycles. The third kappa shape index (κ3) is 3.81. The summed E-state index contributed by atoms with van der Waals surface area (Å²) in [5, 5.41) is 17.8. The van der Waals surface area contributed by atoms with Crippen LogP contribution in [-0.4, -0.2) is 17.1 Å². The normalized spacial score (nSPS) is 11.4. The first-order chi connectivity index (χ1) is 10.1. The van der Waals surface area contributed by atoms with Crippen molar-refractivity contribution in [2.24, 2.45) is 5.73 Å². The zero-order valence-corrected chi connectivity index (χ0v) is 11.2. The van der Waals surface area contributed by atoms with E-state index in [-0.39, 0.29) is 6.42 Å². The van der Waals surface area contributed by atoms with Crippen LogP contribution in [0.2, 0.25) is 0 Å². The molecule has 2 aromatic carbocycles. The van der Waals surface area contributed by atoms with Gasteiger partial charge < -0.3 is 15.6 Å². The second kappa shape index (κ2) is 6.55. The molecule has 0 bridgehead atoms. The van der Waals surface area contributed by atoms with Gasteiger partial charge in [0, 0.05) is 0 Å². The molecular weight excluding hydrogens is 268 g/mol. The second-order valence-electron chi connectivity index (χ2n) is 4.50. The molecule has 0 aliphatic heterocycles. The lowest BCUT2D eigenvalue weighted by Crippen LogP contribution is -2.32. The molecule has 5 heteroatoms. The fraction of sp³-hybridized carbons (Fsp3) is 0.125. The van der Waals surface area contributed by atoms with E-state index in [1.165, 1.54) is 0 Å². The maximum absolute atomic E-state index is 10.7. The molecule has 0 saturated carbocycles. The summed E-state index contributed by atoms with van der Waals surface area (Å²) in [7, 11) is 0. The molecule has 5 nitrogen and oxygen atoms in total. The molecule has 3 N–H and O–H groups in total. The molecule has 0 amide bonds. The van der Waals surface area contributed by atoms with Crippen molar-refractivity contribution in [3.8, 4) is 17.6 Å². The van der Waals surface area contributed by atoms with Crippen LogP contribution in [0.25, 0.3) is 0 Å². The van der Waals surface area contributed by atoms with Gasteiger partial charge in [0.15, 0.2) is 0 Å². The van der Waals surface area contributed by atoms with Gasteiger partial charge in [-0.25, -0.2) is 0 Å². The predicted molar refractivity (Wildman–Crippen MR) is 77.0 cm³/mol. The summed E-state index contributed by atoms with van der Waals surface area (Å²) >= 11 is 0. The zero-order valence-electron chi connectivity index (χ0n) is 11.2. The third-order valence-electron chi connectivity index (χ3n) is 2.93. The number of para-hydroxylation sites is 1. The maximum atomic E-state index is 10.7. The van der Waals surface area contributed by atoms with Gasteiger partial charge >= 0.3 is 5.97 Å². The maximum Gasteiger partial charge on any atom is 0.320 e. The topological polar surface area (TPSA) is 96.3 Å². The standard InChI is InChI=1S/C16H14N2O3/c17-10-12-3-1-2-4-15(12)21-13-7-5-11(6-8-13)9-14(18)16(19)20/h1-8,14H,9,18H2,(H,19,20)/t14-/m0/s1. The SMILES string of the molecule is N#Cc1ccccc1Oc1ccc(C[C@H](N)C(=O)O)cc1. The predicted octanol–water partition coefficient (Wildman–Crippen LogP) is 2.30. The van der Waals surface area contributed by atoms with Gasteiger partial charge in [0.05, 0.1) is 5.56 Å². The smallest absolute Gasteiger partial charge is 0.320 e.